The van der Waals surface area contributed by atoms with Gasteiger partial charge in [-0.25, -0.2) is 0 Å². The molecule has 19 heavy (non-hydrogen) atoms. The van der Waals surface area contributed by atoms with E-state index in [4.69, 9.17) is 0 Å². The van der Waals surface area contributed by atoms with Gasteiger partial charge in [-0.3, -0.25) is 0 Å². The zero-order valence-corrected chi connectivity index (χ0v) is 12.1. The first-order valence-electron chi connectivity index (χ1n) is 6.93. The van der Waals surface area contributed by atoms with Crippen LogP contribution in [0.15, 0.2) is 54.9 Å². The van der Waals surface area contributed by atoms with Gasteiger partial charge in [0.1, 0.15) is 0 Å². The number of rotatable bonds is 5. The zero-order valence-electron chi connectivity index (χ0n) is 12.1. The van der Waals surface area contributed by atoms with Crippen LogP contribution in [0, 0.1) is 0 Å². The SMILES string of the molecule is C=C1CC(c2ccccc2)C(=C)N1CCCN(C)C. The molecule has 1 atom stereocenters. The molecule has 2 heteroatoms. The van der Waals surface area contributed by atoms with E-state index in [1.807, 2.05) is 0 Å². The van der Waals surface area contributed by atoms with Gasteiger partial charge in [-0.1, -0.05) is 43.5 Å². The van der Waals surface area contributed by atoms with Crippen LogP contribution in [0.3, 0.4) is 0 Å². The highest BCUT2D eigenvalue weighted by Gasteiger charge is 2.29. The van der Waals surface area contributed by atoms with Crippen LogP contribution in [0.2, 0.25) is 0 Å². The molecule has 0 saturated carbocycles. The van der Waals surface area contributed by atoms with Gasteiger partial charge in [0.05, 0.1) is 0 Å². The van der Waals surface area contributed by atoms with Gasteiger partial charge in [0, 0.05) is 23.9 Å². The maximum Gasteiger partial charge on any atom is 0.0291 e. The first kappa shape index (κ1) is 13.9. The highest BCUT2D eigenvalue weighted by atomic mass is 15.2. The van der Waals surface area contributed by atoms with Crippen molar-refractivity contribution in [1.29, 1.82) is 0 Å². The lowest BCUT2D eigenvalue weighted by Gasteiger charge is -2.23. The minimum atomic E-state index is 0.410. The van der Waals surface area contributed by atoms with Gasteiger partial charge < -0.3 is 9.80 Å². The van der Waals surface area contributed by atoms with E-state index < -0.39 is 0 Å². The van der Waals surface area contributed by atoms with Crippen molar-refractivity contribution in [2.45, 2.75) is 18.8 Å². The summed E-state index contributed by atoms with van der Waals surface area (Å²) in [6, 6.07) is 10.6. The third-order valence-electron chi connectivity index (χ3n) is 3.76. The topological polar surface area (TPSA) is 6.48 Å². The molecule has 1 saturated heterocycles. The molecule has 1 unspecified atom stereocenters. The Morgan fingerprint density at radius 1 is 1.21 bits per heavy atom. The predicted octanol–water partition coefficient (Wildman–Crippen LogP) is 3.46. The fraction of sp³-hybridized carbons (Fsp3) is 0.412. The van der Waals surface area contributed by atoms with Crippen molar-refractivity contribution < 1.29 is 0 Å². The second-order valence-corrected chi connectivity index (χ2v) is 5.53. The summed E-state index contributed by atoms with van der Waals surface area (Å²) in [4.78, 5) is 4.53. The fourth-order valence-corrected chi connectivity index (χ4v) is 2.70. The van der Waals surface area contributed by atoms with Gasteiger partial charge in [0.2, 0.25) is 0 Å². The zero-order chi connectivity index (χ0) is 13.8. The third kappa shape index (κ3) is 3.27. The molecule has 1 heterocycles. The molecule has 1 aromatic carbocycles. The minimum absolute atomic E-state index is 0.410. The Labute approximate surface area is 117 Å². The molecule has 1 aliphatic rings. The van der Waals surface area contributed by atoms with Gasteiger partial charge in [0.15, 0.2) is 0 Å². The predicted molar refractivity (Wildman–Crippen MR) is 82.0 cm³/mol. The van der Waals surface area contributed by atoms with Crippen molar-refractivity contribution in [3.05, 3.63) is 60.4 Å². The van der Waals surface area contributed by atoms with Gasteiger partial charge in [0.25, 0.3) is 0 Å². The summed E-state index contributed by atoms with van der Waals surface area (Å²) in [6.07, 6.45) is 2.15. The van der Waals surface area contributed by atoms with Crippen molar-refractivity contribution in [1.82, 2.24) is 9.80 Å². The van der Waals surface area contributed by atoms with E-state index >= 15 is 0 Å². The molecule has 0 radical (unpaired) electrons. The molecule has 0 amide bonds. The number of benzene rings is 1. The Morgan fingerprint density at radius 3 is 2.53 bits per heavy atom. The number of hydrogen-bond donors (Lipinski definition) is 0. The standard InChI is InChI=1S/C17H24N2/c1-14-13-17(16-9-6-5-7-10-16)15(2)19(14)12-8-11-18(3)4/h5-7,9-10,17H,1-2,8,11-13H2,3-4H3. The Bertz CT molecular complexity index is 448. The van der Waals surface area contributed by atoms with Crippen molar-refractivity contribution in [2.24, 2.45) is 0 Å². The highest BCUT2D eigenvalue weighted by Crippen LogP contribution is 2.40. The van der Waals surface area contributed by atoms with E-state index in [-0.39, 0.29) is 0 Å². The van der Waals surface area contributed by atoms with Gasteiger partial charge >= 0.3 is 0 Å². The second kappa shape index (κ2) is 6.07. The van der Waals surface area contributed by atoms with Crippen LogP contribution < -0.4 is 0 Å². The molecule has 2 rings (SSSR count). The Balaban J connectivity index is 2.00. The summed E-state index contributed by atoms with van der Waals surface area (Å²) in [5, 5.41) is 0. The average molecular weight is 256 g/mol. The number of nitrogens with zero attached hydrogens (tertiary/aromatic N) is 2. The minimum Gasteiger partial charge on any atom is -0.349 e. The molecule has 1 aliphatic heterocycles. The van der Waals surface area contributed by atoms with E-state index in [2.05, 4.69) is 67.4 Å². The molecular formula is C17H24N2. The van der Waals surface area contributed by atoms with Crippen LogP contribution in [0.1, 0.15) is 24.3 Å². The summed E-state index contributed by atoms with van der Waals surface area (Å²) < 4.78 is 0. The van der Waals surface area contributed by atoms with Crippen LogP contribution in [-0.2, 0) is 0 Å². The molecule has 0 aliphatic carbocycles. The first-order chi connectivity index (χ1) is 9.09. The molecular weight excluding hydrogens is 232 g/mol. The van der Waals surface area contributed by atoms with Gasteiger partial charge in [-0.2, -0.15) is 0 Å². The Hall–Kier alpha value is -1.54. The van der Waals surface area contributed by atoms with E-state index in [0.717, 1.165) is 25.9 Å². The van der Waals surface area contributed by atoms with Gasteiger partial charge in [-0.15, -0.1) is 0 Å². The van der Waals surface area contributed by atoms with Gasteiger partial charge in [-0.05, 0) is 39.0 Å². The normalized spacial score (nSPS) is 19.5. The van der Waals surface area contributed by atoms with E-state index in [1.165, 1.54) is 17.0 Å². The van der Waals surface area contributed by atoms with Crippen molar-refractivity contribution in [3.63, 3.8) is 0 Å². The van der Waals surface area contributed by atoms with Crippen molar-refractivity contribution in [3.8, 4) is 0 Å². The molecule has 0 N–H and O–H groups in total. The molecule has 0 aromatic heterocycles. The molecule has 1 aromatic rings. The van der Waals surface area contributed by atoms with Crippen LogP contribution in [-0.4, -0.2) is 37.0 Å². The van der Waals surface area contributed by atoms with Crippen LogP contribution in [0.25, 0.3) is 0 Å². The lowest BCUT2D eigenvalue weighted by atomic mass is 9.96. The van der Waals surface area contributed by atoms with Crippen molar-refractivity contribution in [2.75, 3.05) is 27.2 Å². The molecule has 0 spiro atoms. The number of hydrogen-bond acceptors (Lipinski definition) is 2. The summed E-state index contributed by atoms with van der Waals surface area (Å²) in [5.41, 5.74) is 3.76. The van der Waals surface area contributed by atoms with Crippen LogP contribution in [0.4, 0.5) is 0 Å². The Morgan fingerprint density at radius 2 is 1.89 bits per heavy atom. The summed E-state index contributed by atoms with van der Waals surface area (Å²) in [7, 11) is 4.22. The van der Waals surface area contributed by atoms with Crippen LogP contribution in [0.5, 0.6) is 0 Å². The van der Waals surface area contributed by atoms with Crippen LogP contribution >= 0.6 is 0 Å². The molecule has 2 nitrogen and oxygen atoms in total. The monoisotopic (exact) mass is 256 g/mol. The van der Waals surface area contributed by atoms with E-state index in [0.29, 0.717) is 5.92 Å². The molecule has 0 bridgehead atoms. The second-order valence-electron chi connectivity index (χ2n) is 5.53. The molecule has 102 valence electrons. The largest absolute Gasteiger partial charge is 0.349 e. The summed E-state index contributed by atoms with van der Waals surface area (Å²) >= 11 is 0. The highest BCUT2D eigenvalue weighted by molar-refractivity contribution is 5.34. The molecule has 1 fully saturated rings. The first-order valence-corrected chi connectivity index (χ1v) is 6.93. The smallest absolute Gasteiger partial charge is 0.0291 e. The summed E-state index contributed by atoms with van der Waals surface area (Å²) in [5.74, 6) is 0.410. The van der Waals surface area contributed by atoms with Crippen molar-refractivity contribution >= 4 is 0 Å². The summed E-state index contributed by atoms with van der Waals surface area (Å²) in [6.45, 7) is 10.6. The number of likely N-dealkylation sites (tertiary alicyclic amines) is 1. The maximum atomic E-state index is 4.29. The number of allylic oxidation sites excluding steroid dienone is 2. The van der Waals surface area contributed by atoms with E-state index in [1.54, 1.807) is 0 Å². The Kier molecular flexibility index (Phi) is 4.43. The lowest BCUT2D eigenvalue weighted by molar-refractivity contribution is 0.358. The lowest BCUT2D eigenvalue weighted by Crippen LogP contribution is -2.22. The quantitative estimate of drug-likeness (QED) is 0.796. The third-order valence-corrected chi connectivity index (χ3v) is 3.76. The maximum absolute atomic E-state index is 4.29. The fourth-order valence-electron chi connectivity index (χ4n) is 2.70. The van der Waals surface area contributed by atoms with E-state index in [9.17, 15) is 0 Å². The average Bonchev–Trinajstić information content (AvgIpc) is 2.67.